The Morgan fingerprint density at radius 3 is 2.51 bits per heavy atom. The van der Waals surface area contributed by atoms with Crippen LogP contribution in [0.3, 0.4) is 0 Å². The predicted molar refractivity (Wildman–Crippen MR) is 126 cm³/mol. The molecule has 2 aromatic carbocycles. The molecule has 1 amide bonds. The Balaban J connectivity index is 1.75. The normalized spacial score (nSPS) is 11.9. The summed E-state index contributed by atoms with van der Waals surface area (Å²) in [7, 11) is 1.53. The number of aryl methyl sites for hydroxylation is 2. The van der Waals surface area contributed by atoms with Gasteiger partial charge in [-0.3, -0.25) is 14.6 Å². The van der Waals surface area contributed by atoms with Crippen LogP contribution in [0.15, 0.2) is 70.5 Å². The number of nitrogens with one attached hydrogen (secondary N) is 1. The number of aromatic nitrogens is 3. The Morgan fingerprint density at radius 2 is 1.80 bits per heavy atom. The lowest BCUT2D eigenvalue weighted by molar-refractivity contribution is -0.139. The molecule has 0 fully saturated rings. The number of amides is 1. The minimum atomic E-state index is -1.37. The highest BCUT2D eigenvalue weighted by Crippen LogP contribution is 2.25. The maximum Gasteiger partial charge on any atom is 0.335 e. The molecule has 0 bridgehead atoms. The van der Waals surface area contributed by atoms with Crippen LogP contribution in [-0.4, -0.2) is 37.1 Å². The van der Waals surface area contributed by atoms with Gasteiger partial charge >= 0.3 is 11.7 Å². The van der Waals surface area contributed by atoms with E-state index in [2.05, 4.69) is 10.3 Å². The molecule has 0 radical (unpaired) electrons. The third kappa shape index (κ3) is 4.45. The molecule has 0 saturated carbocycles. The Bertz CT molecular complexity index is 1570. The number of halogens is 1. The minimum Gasteiger partial charge on any atom is -0.480 e. The van der Waals surface area contributed by atoms with Gasteiger partial charge in [-0.1, -0.05) is 30.3 Å². The van der Waals surface area contributed by atoms with E-state index in [9.17, 15) is 28.7 Å². The highest BCUT2D eigenvalue weighted by molar-refractivity contribution is 5.98. The summed E-state index contributed by atoms with van der Waals surface area (Å²) in [6, 6.07) is 11.0. The van der Waals surface area contributed by atoms with Crippen molar-refractivity contribution in [2.75, 3.05) is 0 Å². The van der Waals surface area contributed by atoms with Crippen LogP contribution >= 0.6 is 0 Å². The number of hydrogen-bond donors (Lipinski definition) is 2. The molecule has 10 heteroatoms. The van der Waals surface area contributed by atoms with Gasteiger partial charge in [0.05, 0.1) is 16.9 Å². The van der Waals surface area contributed by atoms with Crippen molar-refractivity contribution in [3.05, 3.63) is 104 Å². The zero-order valence-electron chi connectivity index (χ0n) is 18.9. The molecule has 0 aliphatic rings. The van der Waals surface area contributed by atoms with E-state index in [1.807, 2.05) is 0 Å². The molecule has 1 atom stereocenters. The summed E-state index contributed by atoms with van der Waals surface area (Å²) < 4.78 is 16.5. The van der Waals surface area contributed by atoms with Gasteiger partial charge in [-0.2, -0.15) is 0 Å². The van der Waals surface area contributed by atoms with Gasteiger partial charge in [0.2, 0.25) is 0 Å². The number of aliphatic carboxylic acids is 1. The molecular weight excluding hydrogens is 455 g/mol. The summed E-state index contributed by atoms with van der Waals surface area (Å²) in [5, 5.41) is 13.3. The van der Waals surface area contributed by atoms with E-state index in [0.29, 0.717) is 22.0 Å². The summed E-state index contributed by atoms with van der Waals surface area (Å²) >= 11 is 0. The molecular formula is C25H21FN4O5. The van der Waals surface area contributed by atoms with Crippen LogP contribution in [0.1, 0.15) is 21.6 Å². The number of carboxylic acids is 1. The van der Waals surface area contributed by atoms with E-state index in [-0.39, 0.29) is 17.7 Å². The van der Waals surface area contributed by atoms with Crippen LogP contribution in [0.25, 0.3) is 16.5 Å². The molecule has 0 unspecified atom stereocenters. The van der Waals surface area contributed by atoms with Gasteiger partial charge in [0, 0.05) is 37.3 Å². The van der Waals surface area contributed by atoms with Crippen LogP contribution in [0, 0.1) is 12.7 Å². The SMILES string of the molecule is Cc1nccc(F)c1C(=O)N[C@@H](Cc1cccc2c(-n3c(=O)ccn(C)c3=O)cccc12)C(=O)O. The minimum absolute atomic E-state index is 0.121. The summed E-state index contributed by atoms with van der Waals surface area (Å²) in [4.78, 5) is 53.7. The number of nitrogens with zero attached hydrogens (tertiary/aromatic N) is 3. The molecule has 178 valence electrons. The lowest BCUT2D eigenvalue weighted by Gasteiger charge is -2.18. The number of fused-ring (bicyclic) bond motifs is 1. The molecule has 0 spiro atoms. The summed E-state index contributed by atoms with van der Waals surface area (Å²) in [5.74, 6) is -2.99. The number of carbonyl (C=O) groups excluding carboxylic acids is 1. The first-order chi connectivity index (χ1) is 16.7. The second-order valence-electron chi connectivity index (χ2n) is 7.99. The second-order valence-corrected chi connectivity index (χ2v) is 7.99. The molecule has 0 saturated heterocycles. The van der Waals surface area contributed by atoms with Crippen molar-refractivity contribution in [2.24, 2.45) is 7.05 Å². The zero-order chi connectivity index (χ0) is 25.3. The van der Waals surface area contributed by atoms with Gasteiger partial charge in [0.25, 0.3) is 11.5 Å². The van der Waals surface area contributed by atoms with E-state index in [1.165, 1.54) is 37.0 Å². The fourth-order valence-corrected chi connectivity index (χ4v) is 3.98. The highest BCUT2D eigenvalue weighted by atomic mass is 19.1. The Hall–Kier alpha value is -4.60. The van der Waals surface area contributed by atoms with E-state index in [0.717, 1.165) is 10.6 Å². The number of rotatable bonds is 6. The quantitative estimate of drug-likeness (QED) is 0.439. The molecule has 4 aromatic rings. The van der Waals surface area contributed by atoms with Gasteiger partial charge in [-0.15, -0.1) is 0 Å². The third-order valence-corrected chi connectivity index (χ3v) is 5.73. The number of pyridine rings is 1. The fourth-order valence-electron chi connectivity index (χ4n) is 3.98. The average Bonchev–Trinajstić information content (AvgIpc) is 2.81. The molecule has 4 rings (SSSR count). The maximum absolute atomic E-state index is 14.2. The standard InChI is InChI=1S/C25H21FN4O5/c1-14-22(18(26)9-11-27-14)23(32)28-19(24(33)34)13-15-5-3-7-17-16(15)6-4-8-20(17)30-21(31)10-12-29(2)25(30)35/h3-12,19H,13H2,1-2H3,(H,28,32)(H,33,34)/t19-/m0/s1. The van der Waals surface area contributed by atoms with Gasteiger partial charge in [-0.25, -0.2) is 18.5 Å². The first kappa shape index (κ1) is 23.6. The maximum atomic E-state index is 14.2. The summed E-state index contributed by atoms with van der Waals surface area (Å²) in [6.07, 6.45) is 2.48. The Kier molecular flexibility index (Phi) is 6.28. The number of carboxylic acid groups (broad SMARTS) is 1. The molecule has 0 aliphatic heterocycles. The lowest BCUT2D eigenvalue weighted by atomic mass is 9.97. The number of hydrogen-bond acceptors (Lipinski definition) is 5. The Labute approximate surface area is 198 Å². The summed E-state index contributed by atoms with van der Waals surface area (Å²) in [5.41, 5.74) is -0.314. The first-order valence-electron chi connectivity index (χ1n) is 10.6. The van der Waals surface area contributed by atoms with Gasteiger partial charge in [0.15, 0.2) is 0 Å². The number of carbonyl (C=O) groups is 2. The van der Waals surface area contributed by atoms with Crippen LogP contribution in [0.4, 0.5) is 4.39 Å². The number of benzene rings is 2. The van der Waals surface area contributed by atoms with Crippen LogP contribution in [0.2, 0.25) is 0 Å². The monoisotopic (exact) mass is 476 g/mol. The van der Waals surface area contributed by atoms with Gasteiger partial charge in [-0.05, 0) is 30.0 Å². The van der Waals surface area contributed by atoms with E-state index in [4.69, 9.17) is 0 Å². The summed E-state index contributed by atoms with van der Waals surface area (Å²) in [6.45, 7) is 1.45. The average molecular weight is 476 g/mol. The first-order valence-corrected chi connectivity index (χ1v) is 10.6. The van der Waals surface area contributed by atoms with Gasteiger partial charge < -0.3 is 15.0 Å². The smallest absolute Gasteiger partial charge is 0.335 e. The third-order valence-electron chi connectivity index (χ3n) is 5.73. The molecule has 35 heavy (non-hydrogen) atoms. The van der Waals surface area contributed by atoms with Crippen LogP contribution in [0.5, 0.6) is 0 Å². The molecule has 2 heterocycles. The zero-order valence-corrected chi connectivity index (χ0v) is 18.9. The molecule has 9 nitrogen and oxygen atoms in total. The van der Waals surface area contributed by atoms with Crippen molar-refractivity contribution < 1.29 is 19.1 Å². The van der Waals surface area contributed by atoms with Crippen LogP contribution in [-0.2, 0) is 18.3 Å². The topological polar surface area (TPSA) is 123 Å². The van der Waals surface area contributed by atoms with Crippen molar-refractivity contribution in [2.45, 2.75) is 19.4 Å². The van der Waals surface area contributed by atoms with Gasteiger partial charge in [0.1, 0.15) is 11.9 Å². The van der Waals surface area contributed by atoms with E-state index >= 15 is 0 Å². The van der Waals surface area contributed by atoms with Crippen molar-refractivity contribution in [1.82, 2.24) is 19.4 Å². The largest absolute Gasteiger partial charge is 0.480 e. The van der Waals surface area contributed by atoms with Crippen molar-refractivity contribution in [3.63, 3.8) is 0 Å². The van der Waals surface area contributed by atoms with Crippen LogP contribution < -0.4 is 16.6 Å². The molecule has 2 N–H and O–H groups in total. The van der Waals surface area contributed by atoms with Crippen molar-refractivity contribution in [1.29, 1.82) is 0 Å². The van der Waals surface area contributed by atoms with E-state index < -0.39 is 35.0 Å². The van der Waals surface area contributed by atoms with Crippen molar-refractivity contribution >= 4 is 22.6 Å². The lowest BCUT2D eigenvalue weighted by Crippen LogP contribution is -2.43. The predicted octanol–water partition coefficient (Wildman–Crippen LogP) is 1.96. The molecule has 0 aliphatic carbocycles. The molecule has 2 aromatic heterocycles. The fraction of sp³-hybridized carbons (Fsp3) is 0.160. The van der Waals surface area contributed by atoms with E-state index in [1.54, 1.807) is 36.4 Å². The second kappa shape index (κ2) is 9.34. The Morgan fingerprint density at radius 1 is 1.09 bits per heavy atom. The van der Waals surface area contributed by atoms with Crippen molar-refractivity contribution in [3.8, 4) is 5.69 Å². The highest BCUT2D eigenvalue weighted by Gasteiger charge is 2.25.